The van der Waals surface area contributed by atoms with Crippen molar-refractivity contribution < 1.29 is 9.59 Å². The van der Waals surface area contributed by atoms with Crippen LogP contribution in [-0.4, -0.2) is 54.3 Å². The number of nitrogens with zero attached hydrogens (tertiary/aromatic N) is 2. The monoisotopic (exact) mass is 399 g/mol. The summed E-state index contributed by atoms with van der Waals surface area (Å²) >= 11 is 5.83. The van der Waals surface area contributed by atoms with Crippen molar-refractivity contribution in [2.24, 2.45) is 0 Å². The van der Waals surface area contributed by atoms with Crippen molar-refractivity contribution in [2.75, 3.05) is 32.7 Å². The Morgan fingerprint density at radius 1 is 1.04 bits per heavy atom. The smallest absolute Gasteiger partial charge is 0.251 e. The summed E-state index contributed by atoms with van der Waals surface area (Å²) in [5.41, 5.74) is 3.12. The topological polar surface area (TPSA) is 52.6 Å². The van der Waals surface area contributed by atoms with Gasteiger partial charge in [-0.3, -0.25) is 14.5 Å². The third-order valence-electron chi connectivity index (χ3n) is 4.94. The number of amides is 2. The molecule has 3 rings (SSSR count). The predicted molar refractivity (Wildman–Crippen MR) is 111 cm³/mol. The van der Waals surface area contributed by atoms with Gasteiger partial charge in [0.2, 0.25) is 5.91 Å². The minimum absolute atomic E-state index is 0.0895. The van der Waals surface area contributed by atoms with Crippen LogP contribution in [0, 0.1) is 6.92 Å². The summed E-state index contributed by atoms with van der Waals surface area (Å²) in [5.74, 6) is -0.0981. The number of hydrogen-bond acceptors (Lipinski definition) is 3. The summed E-state index contributed by atoms with van der Waals surface area (Å²) in [6.45, 7) is 6.57. The Morgan fingerprint density at radius 2 is 1.75 bits per heavy atom. The number of rotatable bonds is 6. The normalized spacial score (nSPS) is 14.7. The number of carbonyl (C=O) groups is 2. The highest BCUT2D eigenvalue weighted by molar-refractivity contribution is 6.30. The molecule has 2 amide bonds. The van der Waals surface area contributed by atoms with Gasteiger partial charge in [0.05, 0.1) is 0 Å². The van der Waals surface area contributed by atoms with Gasteiger partial charge in [0, 0.05) is 56.3 Å². The molecule has 2 aromatic rings. The standard InChI is InChI=1S/C22H26ClN3O2/c1-17-3-2-4-18(15-17)16-25-11-13-26(14-12-25)21(27)9-10-24-22(28)19-5-7-20(23)8-6-19/h2-8,15H,9-14,16H2,1H3,(H,24,28). The molecular formula is C22H26ClN3O2. The quantitative estimate of drug-likeness (QED) is 0.812. The molecule has 0 spiro atoms. The fourth-order valence-corrected chi connectivity index (χ4v) is 3.49. The molecule has 0 unspecified atom stereocenters. The lowest BCUT2D eigenvalue weighted by atomic mass is 10.1. The van der Waals surface area contributed by atoms with Crippen molar-refractivity contribution in [1.82, 2.24) is 15.1 Å². The summed E-state index contributed by atoms with van der Waals surface area (Å²) < 4.78 is 0. The van der Waals surface area contributed by atoms with E-state index in [-0.39, 0.29) is 11.8 Å². The van der Waals surface area contributed by atoms with E-state index in [9.17, 15) is 9.59 Å². The van der Waals surface area contributed by atoms with E-state index in [1.807, 2.05) is 4.90 Å². The Bertz CT molecular complexity index is 815. The van der Waals surface area contributed by atoms with Gasteiger partial charge in [-0.05, 0) is 36.8 Å². The molecule has 0 atom stereocenters. The van der Waals surface area contributed by atoms with E-state index in [1.54, 1.807) is 24.3 Å². The number of nitrogens with one attached hydrogen (secondary N) is 1. The Labute approximate surface area is 171 Å². The number of hydrogen-bond donors (Lipinski definition) is 1. The Balaban J connectivity index is 1.38. The molecule has 1 fully saturated rings. The molecule has 0 bridgehead atoms. The van der Waals surface area contributed by atoms with Crippen LogP contribution < -0.4 is 5.32 Å². The predicted octanol–water partition coefficient (Wildman–Crippen LogP) is 3.11. The van der Waals surface area contributed by atoms with Crippen LogP contribution in [0.4, 0.5) is 0 Å². The number of benzene rings is 2. The minimum Gasteiger partial charge on any atom is -0.352 e. The van der Waals surface area contributed by atoms with Gasteiger partial charge < -0.3 is 10.2 Å². The fourth-order valence-electron chi connectivity index (χ4n) is 3.37. The van der Waals surface area contributed by atoms with Crippen molar-refractivity contribution in [1.29, 1.82) is 0 Å². The van der Waals surface area contributed by atoms with E-state index >= 15 is 0 Å². The first-order valence-corrected chi connectivity index (χ1v) is 9.98. The maximum absolute atomic E-state index is 12.4. The summed E-state index contributed by atoms with van der Waals surface area (Å²) in [6.07, 6.45) is 0.317. The van der Waals surface area contributed by atoms with Crippen LogP contribution in [0.3, 0.4) is 0 Å². The molecule has 0 saturated carbocycles. The lowest BCUT2D eigenvalue weighted by Crippen LogP contribution is -2.48. The zero-order valence-electron chi connectivity index (χ0n) is 16.2. The highest BCUT2D eigenvalue weighted by atomic mass is 35.5. The highest BCUT2D eigenvalue weighted by Crippen LogP contribution is 2.11. The zero-order chi connectivity index (χ0) is 19.9. The van der Waals surface area contributed by atoms with E-state index in [4.69, 9.17) is 11.6 Å². The van der Waals surface area contributed by atoms with Crippen molar-refractivity contribution in [3.8, 4) is 0 Å². The van der Waals surface area contributed by atoms with E-state index in [2.05, 4.69) is 41.4 Å². The molecule has 6 heteroatoms. The average Bonchev–Trinajstić information content (AvgIpc) is 2.69. The number of piperazine rings is 1. The molecule has 148 valence electrons. The van der Waals surface area contributed by atoms with Crippen LogP contribution in [0.2, 0.25) is 5.02 Å². The number of carbonyl (C=O) groups excluding carboxylic acids is 2. The molecule has 0 aromatic heterocycles. The van der Waals surface area contributed by atoms with Crippen molar-refractivity contribution in [2.45, 2.75) is 19.9 Å². The lowest BCUT2D eigenvalue weighted by Gasteiger charge is -2.35. The molecule has 1 N–H and O–H groups in total. The third kappa shape index (κ3) is 5.81. The zero-order valence-corrected chi connectivity index (χ0v) is 16.9. The first-order chi connectivity index (χ1) is 13.5. The summed E-state index contributed by atoms with van der Waals surface area (Å²) in [6, 6.07) is 15.2. The molecule has 1 saturated heterocycles. The fraction of sp³-hybridized carbons (Fsp3) is 0.364. The summed E-state index contributed by atoms with van der Waals surface area (Å²) in [4.78, 5) is 28.7. The van der Waals surface area contributed by atoms with E-state index in [0.29, 0.717) is 23.6 Å². The van der Waals surface area contributed by atoms with Gasteiger partial charge in [0.15, 0.2) is 0 Å². The minimum atomic E-state index is -0.188. The molecule has 2 aromatic carbocycles. The Morgan fingerprint density at radius 3 is 2.43 bits per heavy atom. The first-order valence-electron chi connectivity index (χ1n) is 9.61. The van der Waals surface area contributed by atoms with Gasteiger partial charge in [0.25, 0.3) is 5.91 Å². The summed E-state index contributed by atoms with van der Waals surface area (Å²) in [7, 11) is 0. The van der Waals surface area contributed by atoms with Gasteiger partial charge in [-0.15, -0.1) is 0 Å². The van der Waals surface area contributed by atoms with Crippen molar-refractivity contribution in [3.63, 3.8) is 0 Å². The molecule has 0 radical (unpaired) electrons. The van der Waals surface area contributed by atoms with Crippen LogP contribution in [0.1, 0.15) is 27.9 Å². The van der Waals surface area contributed by atoms with E-state index < -0.39 is 0 Å². The third-order valence-corrected chi connectivity index (χ3v) is 5.20. The van der Waals surface area contributed by atoms with Crippen LogP contribution in [0.25, 0.3) is 0 Å². The van der Waals surface area contributed by atoms with Crippen LogP contribution in [0.5, 0.6) is 0 Å². The first kappa shape index (κ1) is 20.4. The van der Waals surface area contributed by atoms with E-state index in [0.717, 1.165) is 32.7 Å². The van der Waals surface area contributed by atoms with Gasteiger partial charge >= 0.3 is 0 Å². The number of halogens is 1. The van der Waals surface area contributed by atoms with Crippen molar-refractivity contribution in [3.05, 3.63) is 70.2 Å². The lowest BCUT2D eigenvalue weighted by molar-refractivity contribution is -0.132. The van der Waals surface area contributed by atoms with E-state index in [1.165, 1.54) is 11.1 Å². The second-order valence-corrected chi connectivity index (χ2v) is 7.60. The molecule has 0 aliphatic carbocycles. The largest absolute Gasteiger partial charge is 0.352 e. The molecule has 5 nitrogen and oxygen atoms in total. The second-order valence-electron chi connectivity index (χ2n) is 7.16. The number of aryl methyl sites for hydroxylation is 1. The van der Waals surface area contributed by atoms with Gasteiger partial charge in [-0.2, -0.15) is 0 Å². The van der Waals surface area contributed by atoms with Crippen molar-refractivity contribution >= 4 is 23.4 Å². The highest BCUT2D eigenvalue weighted by Gasteiger charge is 2.21. The molecule has 28 heavy (non-hydrogen) atoms. The second kappa shape index (κ2) is 9.71. The summed E-state index contributed by atoms with van der Waals surface area (Å²) in [5, 5.41) is 3.39. The molecule has 1 aliphatic rings. The Hall–Kier alpha value is -2.37. The van der Waals surface area contributed by atoms with Gasteiger partial charge in [0.1, 0.15) is 0 Å². The molecule has 1 heterocycles. The SMILES string of the molecule is Cc1cccc(CN2CCN(C(=O)CCNC(=O)c3ccc(Cl)cc3)CC2)c1. The van der Waals surface area contributed by atoms with Crippen LogP contribution >= 0.6 is 11.6 Å². The van der Waals surface area contributed by atoms with Crippen LogP contribution in [-0.2, 0) is 11.3 Å². The average molecular weight is 400 g/mol. The molecular weight excluding hydrogens is 374 g/mol. The van der Waals surface area contributed by atoms with Gasteiger partial charge in [-0.25, -0.2) is 0 Å². The Kier molecular flexibility index (Phi) is 7.06. The maximum atomic E-state index is 12.4. The van der Waals surface area contributed by atoms with Gasteiger partial charge in [-0.1, -0.05) is 41.4 Å². The van der Waals surface area contributed by atoms with Crippen LogP contribution in [0.15, 0.2) is 48.5 Å². The molecule has 1 aliphatic heterocycles. The maximum Gasteiger partial charge on any atom is 0.251 e.